The molecule has 1 saturated heterocycles. The number of carbonyl (C=O) groups is 1. The van der Waals surface area contributed by atoms with Gasteiger partial charge >= 0.3 is 0 Å². The fraction of sp³-hybridized carbons (Fsp3) is 0.360. The van der Waals surface area contributed by atoms with Gasteiger partial charge in [0.2, 0.25) is 0 Å². The molecule has 3 heterocycles. The molecular weight excluding hydrogens is 513 g/mol. The number of hydrogen-bond acceptors (Lipinski definition) is 4. The predicted molar refractivity (Wildman–Crippen MR) is 141 cm³/mol. The van der Waals surface area contributed by atoms with E-state index in [4.69, 9.17) is 0 Å². The van der Waals surface area contributed by atoms with Crippen LogP contribution >= 0.6 is 36.6 Å². The Hall–Kier alpha value is -2.13. The second-order valence-electron chi connectivity index (χ2n) is 8.73. The van der Waals surface area contributed by atoms with E-state index in [2.05, 4.69) is 20.4 Å². The molecule has 1 amide bonds. The van der Waals surface area contributed by atoms with Crippen molar-refractivity contribution in [1.82, 2.24) is 20.4 Å². The number of aromatic amines is 1. The van der Waals surface area contributed by atoms with E-state index in [-0.39, 0.29) is 30.7 Å². The Kier molecular flexibility index (Phi) is 9.58. The maximum absolute atomic E-state index is 13.8. The van der Waals surface area contributed by atoms with Gasteiger partial charge in [-0.1, -0.05) is 23.9 Å². The number of rotatable bonds is 7. The van der Waals surface area contributed by atoms with Crippen molar-refractivity contribution < 1.29 is 13.6 Å². The second-order valence-corrected chi connectivity index (χ2v) is 9.82. The van der Waals surface area contributed by atoms with Gasteiger partial charge in [0.15, 0.2) is 0 Å². The summed E-state index contributed by atoms with van der Waals surface area (Å²) in [6, 6.07) is 9.74. The van der Waals surface area contributed by atoms with Crippen molar-refractivity contribution >= 4 is 59.5 Å². The van der Waals surface area contributed by atoms with Crippen molar-refractivity contribution in [1.29, 1.82) is 0 Å². The van der Waals surface area contributed by atoms with Gasteiger partial charge < -0.3 is 10.2 Å². The monoisotopic (exact) mass is 540 g/mol. The van der Waals surface area contributed by atoms with Gasteiger partial charge in [-0.15, -0.1) is 24.8 Å². The summed E-state index contributed by atoms with van der Waals surface area (Å²) in [4.78, 5) is 16.9. The molecule has 5 nitrogen and oxygen atoms in total. The first-order chi connectivity index (χ1) is 16.1. The summed E-state index contributed by atoms with van der Waals surface area (Å²) in [6.45, 7) is 3.52. The number of thioether (sulfide) groups is 1. The van der Waals surface area contributed by atoms with E-state index in [0.29, 0.717) is 29.4 Å². The van der Waals surface area contributed by atoms with Crippen LogP contribution in [0.2, 0.25) is 0 Å². The van der Waals surface area contributed by atoms with E-state index in [1.807, 2.05) is 24.3 Å². The summed E-state index contributed by atoms with van der Waals surface area (Å²) in [5.41, 5.74) is 2.38. The van der Waals surface area contributed by atoms with E-state index in [9.17, 15) is 13.6 Å². The van der Waals surface area contributed by atoms with Gasteiger partial charge in [-0.2, -0.15) is 5.10 Å². The van der Waals surface area contributed by atoms with Crippen molar-refractivity contribution in [2.24, 2.45) is 5.92 Å². The number of likely N-dealkylation sites (tertiary alicyclic amines) is 1. The SMILES string of the molecule is Cl.Cl.O=C(NCC1CCN(CCCc2ccc(F)cc2F)CC1)C1=Cc2[nH]nc3cccc(c23)S1. The molecule has 1 aromatic heterocycles. The smallest absolute Gasteiger partial charge is 0.258 e. The lowest BCUT2D eigenvalue weighted by atomic mass is 9.96. The molecular formula is C25H28Cl2F2N4OS. The Balaban J connectivity index is 0.00000171. The molecule has 3 aromatic rings. The van der Waals surface area contributed by atoms with Crippen LogP contribution in [0.4, 0.5) is 8.78 Å². The number of hydrogen-bond donors (Lipinski definition) is 2. The zero-order valence-corrected chi connectivity index (χ0v) is 21.5. The molecule has 35 heavy (non-hydrogen) atoms. The van der Waals surface area contributed by atoms with Crippen LogP contribution < -0.4 is 5.32 Å². The molecule has 10 heteroatoms. The molecule has 5 rings (SSSR count). The summed E-state index contributed by atoms with van der Waals surface area (Å²) in [5.74, 6) is -0.579. The van der Waals surface area contributed by atoms with E-state index in [1.54, 1.807) is 0 Å². The van der Waals surface area contributed by atoms with Gasteiger partial charge in [0.25, 0.3) is 5.91 Å². The minimum atomic E-state index is -0.535. The summed E-state index contributed by atoms with van der Waals surface area (Å²) in [5, 5.41) is 11.5. The maximum Gasteiger partial charge on any atom is 0.258 e. The lowest BCUT2D eigenvalue weighted by molar-refractivity contribution is -0.117. The van der Waals surface area contributed by atoms with Crippen molar-refractivity contribution in [3.8, 4) is 0 Å². The zero-order valence-electron chi connectivity index (χ0n) is 19.1. The highest BCUT2D eigenvalue weighted by atomic mass is 35.5. The summed E-state index contributed by atoms with van der Waals surface area (Å²) < 4.78 is 26.8. The minimum absolute atomic E-state index is 0. The molecule has 0 saturated carbocycles. The molecule has 1 fully saturated rings. The fourth-order valence-electron chi connectivity index (χ4n) is 4.60. The van der Waals surface area contributed by atoms with E-state index in [1.165, 1.54) is 23.9 Å². The van der Waals surface area contributed by atoms with Gasteiger partial charge in [0.1, 0.15) is 11.6 Å². The van der Waals surface area contributed by atoms with Crippen LogP contribution in [0, 0.1) is 17.6 Å². The third-order valence-electron chi connectivity index (χ3n) is 6.48. The first kappa shape index (κ1) is 27.5. The Morgan fingerprint density at radius 2 is 1.97 bits per heavy atom. The number of H-pyrrole nitrogens is 1. The lowest BCUT2D eigenvalue weighted by Crippen LogP contribution is -2.39. The van der Waals surface area contributed by atoms with Crippen LogP contribution in [0.1, 0.15) is 30.5 Å². The fourth-order valence-corrected chi connectivity index (χ4v) is 5.64. The average molecular weight is 541 g/mol. The van der Waals surface area contributed by atoms with Crippen LogP contribution in [0.15, 0.2) is 46.2 Å². The molecule has 188 valence electrons. The van der Waals surface area contributed by atoms with Crippen molar-refractivity contribution in [2.75, 3.05) is 26.2 Å². The Bertz CT molecular complexity index is 1210. The number of halogens is 4. The molecule has 2 aliphatic rings. The van der Waals surface area contributed by atoms with Crippen LogP contribution in [0.3, 0.4) is 0 Å². The van der Waals surface area contributed by atoms with Crippen LogP contribution in [-0.4, -0.2) is 47.2 Å². The largest absolute Gasteiger partial charge is 0.351 e. The molecule has 2 aliphatic heterocycles. The standard InChI is InChI=1S/C25H26F2N4OS.2ClH/c26-18-7-6-17(19(27)13-18)3-2-10-31-11-8-16(9-12-31)15-28-25(32)23-14-21-24-20(29-30-21)4-1-5-22(24)33-23;;/h1,4-7,13-14,16H,2-3,8-12,15H2,(H,28,32)(H,29,30);2*1H. The van der Waals surface area contributed by atoms with Gasteiger partial charge in [-0.3, -0.25) is 9.89 Å². The summed E-state index contributed by atoms with van der Waals surface area (Å²) in [6.07, 6.45) is 5.40. The molecule has 2 aromatic carbocycles. The minimum Gasteiger partial charge on any atom is -0.351 e. The van der Waals surface area contributed by atoms with Crippen LogP contribution in [0.25, 0.3) is 17.0 Å². The highest BCUT2D eigenvalue weighted by Gasteiger charge is 2.23. The Labute approximate surface area is 219 Å². The number of aromatic nitrogens is 2. The van der Waals surface area contributed by atoms with Gasteiger partial charge in [-0.25, -0.2) is 8.78 Å². The first-order valence-electron chi connectivity index (χ1n) is 11.4. The van der Waals surface area contributed by atoms with Crippen molar-refractivity contribution in [2.45, 2.75) is 30.6 Å². The number of aryl methyl sites for hydroxylation is 1. The van der Waals surface area contributed by atoms with Gasteiger partial charge in [-0.05, 0) is 81.1 Å². The van der Waals surface area contributed by atoms with E-state index < -0.39 is 11.6 Å². The van der Waals surface area contributed by atoms with Crippen LogP contribution in [0.5, 0.6) is 0 Å². The van der Waals surface area contributed by atoms with Crippen molar-refractivity contribution in [3.63, 3.8) is 0 Å². The summed E-state index contributed by atoms with van der Waals surface area (Å²) in [7, 11) is 0. The molecule has 0 unspecified atom stereocenters. The highest BCUT2D eigenvalue weighted by Crippen LogP contribution is 2.39. The van der Waals surface area contributed by atoms with E-state index >= 15 is 0 Å². The maximum atomic E-state index is 13.8. The first-order valence-corrected chi connectivity index (χ1v) is 12.2. The van der Waals surface area contributed by atoms with Gasteiger partial charge in [0.05, 0.1) is 16.1 Å². The number of benzene rings is 2. The molecule has 0 bridgehead atoms. The number of carbonyl (C=O) groups excluding carboxylic acids is 1. The molecule has 0 aliphatic carbocycles. The molecule has 0 spiro atoms. The number of nitrogens with zero attached hydrogens (tertiary/aromatic N) is 2. The third kappa shape index (κ3) is 6.36. The summed E-state index contributed by atoms with van der Waals surface area (Å²) >= 11 is 1.49. The molecule has 2 N–H and O–H groups in total. The highest BCUT2D eigenvalue weighted by molar-refractivity contribution is 8.04. The normalized spacial score (nSPS) is 15.8. The predicted octanol–water partition coefficient (Wildman–Crippen LogP) is 5.59. The average Bonchev–Trinajstić information content (AvgIpc) is 3.24. The second kappa shape index (κ2) is 12.2. The number of nitrogens with one attached hydrogen (secondary N) is 2. The third-order valence-corrected chi connectivity index (χ3v) is 7.57. The van der Waals surface area contributed by atoms with Crippen LogP contribution in [-0.2, 0) is 11.2 Å². The quantitative estimate of drug-likeness (QED) is 0.410. The topological polar surface area (TPSA) is 61.0 Å². The van der Waals surface area contributed by atoms with Crippen molar-refractivity contribution in [3.05, 3.63) is 64.2 Å². The molecule has 0 radical (unpaired) electrons. The Morgan fingerprint density at radius 1 is 1.17 bits per heavy atom. The lowest BCUT2D eigenvalue weighted by Gasteiger charge is -2.32. The number of piperidine rings is 1. The number of amides is 1. The van der Waals surface area contributed by atoms with E-state index in [0.717, 1.165) is 66.5 Å². The molecule has 0 atom stereocenters. The van der Waals surface area contributed by atoms with Gasteiger partial charge in [0, 0.05) is 22.9 Å². The zero-order chi connectivity index (χ0) is 22.8. The Morgan fingerprint density at radius 3 is 2.74 bits per heavy atom.